The van der Waals surface area contributed by atoms with E-state index in [0.29, 0.717) is 6.42 Å². The van der Waals surface area contributed by atoms with Crippen molar-refractivity contribution >= 4 is 16.9 Å². The van der Waals surface area contributed by atoms with E-state index in [1.807, 2.05) is 31.2 Å². The summed E-state index contributed by atoms with van der Waals surface area (Å²) < 4.78 is 0. The lowest BCUT2D eigenvalue weighted by Crippen LogP contribution is -1.88. The van der Waals surface area contributed by atoms with Gasteiger partial charge in [-0.2, -0.15) is 0 Å². The molecule has 0 aliphatic heterocycles. The summed E-state index contributed by atoms with van der Waals surface area (Å²) in [5.74, 6) is -0.905. The third-order valence-electron chi connectivity index (χ3n) is 2.61. The lowest BCUT2D eigenvalue weighted by Gasteiger charge is -1.95. The van der Waals surface area contributed by atoms with E-state index in [0.717, 1.165) is 22.2 Å². The third-order valence-corrected chi connectivity index (χ3v) is 2.61. The van der Waals surface area contributed by atoms with Crippen LogP contribution in [0.3, 0.4) is 0 Å². The van der Waals surface area contributed by atoms with E-state index in [4.69, 9.17) is 5.11 Å². The monoisotopic (exact) mass is 215 g/mol. The van der Waals surface area contributed by atoms with E-state index in [1.165, 1.54) is 6.08 Å². The summed E-state index contributed by atoms with van der Waals surface area (Å²) in [4.78, 5) is 13.7. The Morgan fingerprint density at radius 3 is 2.94 bits per heavy atom. The number of nitrogens with one attached hydrogen (secondary N) is 1. The molecule has 82 valence electrons. The number of aromatic amines is 1. The highest BCUT2D eigenvalue weighted by Crippen LogP contribution is 2.22. The Balaban J connectivity index is 2.36. The molecule has 0 atom stereocenters. The molecule has 1 aromatic carbocycles. The third kappa shape index (κ3) is 1.98. The Kier molecular flexibility index (Phi) is 2.77. The zero-order valence-corrected chi connectivity index (χ0v) is 9.03. The molecule has 2 aromatic rings. The second-order valence-electron chi connectivity index (χ2n) is 3.72. The number of aryl methyl sites for hydroxylation is 1. The van der Waals surface area contributed by atoms with E-state index in [1.54, 1.807) is 6.08 Å². The molecule has 0 aliphatic carbocycles. The van der Waals surface area contributed by atoms with Crippen LogP contribution in [0.15, 0.2) is 36.4 Å². The van der Waals surface area contributed by atoms with Crippen molar-refractivity contribution in [1.29, 1.82) is 0 Å². The average molecular weight is 215 g/mol. The molecular formula is C13H13NO2. The number of fused-ring (bicyclic) bond motifs is 1. The van der Waals surface area contributed by atoms with Crippen molar-refractivity contribution in [3.63, 3.8) is 0 Å². The number of allylic oxidation sites excluding steroid dienone is 1. The summed E-state index contributed by atoms with van der Waals surface area (Å²) in [6.45, 7) is 2.00. The summed E-state index contributed by atoms with van der Waals surface area (Å²) >= 11 is 0. The van der Waals surface area contributed by atoms with Gasteiger partial charge in [0.05, 0.1) is 0 Å². The van der Waals surface area contributed by atoms with Crippen molar-refractivity contribution in [1.82, 2.24) is 4.98 Å². The Labute approximate surface area is 93.4 Å². The first-order valence-corrected chi connectivity index (χ1v) is 5.14. The van der Waals surface area contributed by atoms with Gasteiger partial charge >= 0.3 is 5.97 Å². The highest BCUT2D eigenvalue weighted by molar-refractivity contribution is 5.85. The first-order chi connectivity index (χ1) is 7.68. The molecule has 1 heterocycles. The Morgan fingerprint density at radius 2 is 2.19 bits per heavy atom. The molecular weight excluding hydrogens is 202 g/mol. The fourth-order valence-corrected chi connectivity index (χ4v) is 1.88. The minimum absolute atomic E-state index is 0.641. The maximum atomic E-state index is 10.4. The van der Waals surface area contributed by atoms with Crippen molar-refractivity contribution in [2.24, 2.45) is 0 Å². The standard InChI is InChI=1S/C13H13NO2/c1-9-10(6-4-8-13(15)16)11-5-2-3-7-12(11)14-9/h2-5,7-8,14H,6H2,1H3,(H,15,16)/b8-4+. The molecule has 0 radical (unpaired) electrons. The Bertz CT molecular complexity index is 552. The van der Waals surface area contributed by atoms with Gasteiger partial charge < -0.3 is 10.1 Å². The van der Waals surface area contributed by atoms with E-state index < -0.39 is 5.97 Å². The van der Waals surface area contributed by atoms with Crippen LogP contribution in [0.1, 0.15) is 11.3 Å². The van der Waals surface area contributed by atoms with Crippen molar-refractivity contribution in [2.75, 3.05) is 0 Å². The maximum absolute atomic E-state index is 10.4. The molecule has 0 bridgehead atoms. The Morgan fingerprint density at radius 1 is 1.44 bits per heavy atom. The molecule has 2 rings (SSSR count). The van der Waals surface area contributed by atoms with E-state index in [-0.39, 0.29) is 0 Å². The van der Waals surface area contributed by atoms with Gasteiger partial charge in [-0.3, -0.25) is 0 Å². The van der Waals surface area contributed by atoms with E-state index in [9.17, 15) is 4.79 Å². The molecule has 16 heavy (non-hydrogen) atoms. The van der Waals surface area contributed by atoms with Crippen LogP contribution in [0.5, 0.6) is 0 Å². The van der Waals surface area contributed by atoms with Crippen LogP contribution in [-0.2, 0) is 11.2 Å². The van der Waals surface area contributed by atoms with Gasteiger partial charge in [0, 0.05) is 22.7 Å². The molecule has 2 N–H and O–H groups in total. The molecule has 0 fully saturated rings. The molecule has 0 spiro atoms. The van der Waals surface area contributed by atoms with Crippen LogP contribution >= 0.6 is 0 Å². The van der Waals surface area contributed by atoms with Gasteiger partial charge in [0.15, 0.2) is 0 Å². The normalized spacial score (nSPS) is 11.3. The molecule has 0 aliphatic rings. The zero-order valence-electron chi connectivity index (χ0n) is 9.03. The summed E-state index contributed by atoms with van der Waals surface area (Å²) in [5.41, 5.74) is 3.35. The number of aliphatic carboxylic acids is 1. The molecule has 0 saturated carbocycles. The SMILES string of the molecule is Cc1[nH]c2ccccc2c1C/C=C/C(=O)O. The fraction of sp³-hybridized carbons (Fsp3) is 0.154. The minimum atomic E-state index is -0.905. The van der Waals surface area contributed by atoms with Crippen LogP contribution in [-0.4, -0.2) is 16.1 Å². The molecule has 0 amide bonds. The van der Waals surface area contributed by atoms with Crippen LogP contribution in [0.2, 0.25) is 0 Å². The molecule has 0 saturated heterocycles. The first kappa shape index (κ1) is 10.5. The molecule has 3 heteroatoms. The summed E-state index contributed by atoms with van der Waals surface area (Å²) in [7, 11) is 0. The predicted octanol–water partition coefficient (Wildman–Crippen LogP) is 2.66. The van der Waals surface area contributed by atoms with Crippen molar-refractivity contribution in [3.8, 4) is 0 Å². The van der Waals surface area contributed by atoms with Crippen LogP contribution in [0, 0.1) is 6.92 Å². The van der Waals surface area contributed by atoms with Gasteiger partial charge in [-0.1, -0.05) is 24.3 Å². The lowest BCUT2D eigenvalue weighted by atomic mass is 10.1. The summed E-state index contributed by atoms with van der Waals surface area (Å²) in [5, 5.41) is 9.69. The van der Waals surface area contributed by atoms with E-state index >= 15 is 0 Å². The topological polar surface area (TPSA) is 53.1 Å². The quantitative estimate of drug-likeness (QED) is 0.773. The molecule has 0 unspecified atom stereocenters. The maximum Gasteiger partial charge on any atom is 0.327 e. The van der Waals surface area contributed by atoms with Gasteiger partial charge in [-0.25, -0.2) is 4.79 Å². The van der Waals surface area contributed by atoms with Crippen LogP contribution in [0.25, 0.3) is 10.9 Å². The number of carbonyl (C=O) groups is 1. The van der Waals surface area contributed by atoms with Crippen molar-refractivity contribution in [3.05, 3.63) is 47.7 Å². The second kappa shape index (κ2) is 4.23. The summed E-state index contributed by atoms with van der Waals surface area (Å²) in [6.07, 6.45) is 3.49. The number of rotatable bonds is 3. The number of para-hydroxylation sites is 1. The second-order valence-corrected chi connectivity index (χ2v) is 3.72. The van der Waals surface area contributed by atoms with Gasteiger partial charge in [0.25, 0.3) is 0 Å². The van der Waals surface area contributed by atoms with Gasteiger partial charge in [-0.05, 0) is 25.0 Å². The van der Waals surface area contributed by atoms with Crippen LogP contribution in [0.4, 0.5) is 0 Å². The number of hydrogen-bond acceptors (Lipinski definition) is 1. The molecule has 1 aromatic heterocycles. The number of carboxylic acids is 1. The van der Waals surface area contributed by atoms with Crippen molar-refractivity contribution in [2.45, 2.75) is 13.3 Å². The predicted molar refractivity (Wildman–Crippen MR) is 63.5 cm³/mol. The van der Waals surface area contributed by atoms with E-state index in [2.05, 4.69) is 4.98 Å². The number of aromatic nitrogens is 1. The molecule has 3 nitrogen and oxygen atoms in total. The highest BCUT2D eigenvalue weighted by Gasteiger charge is 2.05. The number of carboxylic acid groups (broad SMARTS) is 1. The fourth-order valence-electron chi connectivity index (χ4n) is 1.88. The first-order valence-electron chi connectivity index (χ1n) is 5.14. The van der Waals surface area contributed by atoms with Gasteiger partial charge in [0.2, 0.25) is 0 Å². The summed E-state index contributed by atoms with van der Waals surface area (Å²) in [6, 6.07) is 8.03. The average Bonchev–Trinajstić information content (AvgIpc) is 2.55. The highest BCUT2D eigenvalue weighted by atomic mass is 16.4. The van der Waals surface area contributed by atoms with Gasteiger partial charge in [0.1, 0.15) is 0 Å². The van der Waals surface area contributed by atoms with Gasteiger partial charge in [-0.15, -0.1) is 0 Å². The smallest absolute Gasteiger partial charge is 0.327 e. The Hall–Kier alpha value is -2.03. The lowest BCUT2D eigenvalue weighted by molar-refractivity contribution is -0.131. The number of H-pyrrole nitrogens is 1. The zero-order chi connectivity index (χ0) is 11.5. The number of benzene rings is 1. The largest absolute Gasteiger partial charge is 0.478 e. The number of hydrogen-bond donors (Lipinski definition) is 2. The minimum Gasteiger partial charge on any atom is -0.478 e. The van der Waals surface area contributed by atoms with Crippen molar-refractivity contribution < 1.29 is 9.90 Å². The van der Waals surface area contributed by atoms with Crippen LogP contribution < -0.4 is 0 Å².